The minimum atomic E-state index is -0.402. The molecule has 0 aliphatic rings. The Balaban J connectivity index is 0.00000364. The highest BCUT2D eigenvalue weighted by Gasteiger charge is 2.07. The number of halogens is 2. The summed E-state index contributed by atoms with van der Waals surface area (Å²) >= 11 is 0. The van der Waals surface area contributed by atoms with Gasteiger partial charge >= 0.3 is 0 Å². The van der Waals surface area contributed by atoms with Gasteiger partial charge in [0.1, 0.15) is 5.82 Å². The number of aliphatic imine (C=N–C) groups is 1. The predicted octanol–water partition coefficient (Wildman–Crippen LogP) is 4.39. The molecule has 0 aliphatic heterocycles. The summed E-state index contributed by atoms with van der Waals surface area (Å²) in [5.41, 5.74) is 2.09. The molecular weight excluding hydrogens is 454 g/mol. The first-order valence-corrected chi connectivity index (χ1v) is 8.89. The van der Waals surface area contributed by atoms with Gasteiger partial charge < -0.3 is 10.6 Å². The summed E-state index contributed by atoms with van der Waals surface area (Å²) in [6.45, 7) is 5.05. The van der Waals surface area contributed by atoms with Crippen LogP contribution >= 0.6 is 24.0 Å². The van der Waals surface area contributed by atoms with Gasteiger partial charge in [-0.1, -0.05) is 36.4 Å². The summed E-state index contributed by atoms with van der Waals surface area (Å²) in [5, 5.41) is 15.4. The molecule has 2 rings (SSSR count). The van der Waals surface area contributed by atoms with E-state index in [1.54, 1.807) is 12.1 Å². The third-order valence-electron chi connectivity index (χ3n) is 4.03. The molecule has 6 heteroatoms. The van der Waals surface area contributed by atoms with Gasteiger partial charge in [0, 0.05) is 18.2 Å². The molecule has 1 unspecified atom stereocenters. The molecule has 0 spiro atoms. The van der Waals surface area contributed by atoms with Crippen molar-refractivity contribution >= 4 is 29.9 Å². The van der Waals surface area contributed by atoms with Crippen molar-refractivity contribution in [3.05, 3.63) is 71.0 Å². The maximum absolute atomic E-state index is 14.0. The van der Waals surface area contributed by atoms with E-state index >= 15 is 0 Å². The molecule has 0 fully saturated rings. The Morgan fingerprint density at radius 2 is 1.96 bits per heavy atom. The Hall–Kier alpha value is -2.14. The van der Waals surface area contributed by atoms with Gasteiger partial charge in [0.25, 0.3) is 0 Å². The molecular formula is C21H26FIN4. The van der Waals surface area contributed by atoms with Crippen LogP contribution in [-0.2, 0) is 13.0 Å². The number of guanidine groups is 1. The van der Waals surface area contributed by atoms with E-state index in [4.69, 9.17) is 5.26 Å². The normalized spacial score (nSPS) is 11.9. The lowest BCUT2D eigenvalue weighted by Gasteiger charge is -2.18. The number of rotatable bonds is 7. The molecule has 0 heterocycles. The summed E-state index contributed by atoms with van der Waals surface area (Å²) in [6, 6.07) is 17.0. The van der Waals surface area contributed by atoms with E-state index in [1.807, 2.05) is 31.2 Å². The largest absolute Gasteiger partial charge is 0.357 e. The molecule has 2 aromatic carbocycles. The first-order valence-electron chi connectivity index (χ1n) is 8.89. The maximum atomic E-state index is 14.0. The van der Waals surface area contributed by atoms with E-state index in [1.165, 1.54) is 11.6 Å². The standard InChI is InChI=1S/C21H25FN4.HI/c1-3-24-21(25-15-19-12-11-18(14-23)13-20(19)22)26-16(2)9-10-17-7-5-4-6-8-17;/h4-8,11-13,16H,3,9-10,15H2,1-2H3,(H2,24,25,26);1H. The topological polar surface area (TPSA) is 60.2 Å². The average Bonchev–Trinajstić information content (AvgIpc) is 2.66. The fourth-order valence-corrected chi connectivity index (χ4v) is 2.56. The van der Waals surface area contributed by atoms with E-state index in [-0.39, 0.29) is 36.6 Å². The highest BCUT2D eigenvalue weighted by Crippen LogP contribution is 2.11. The number of hydrogen-bond donors (Lipinski definition) is 2. The number of nitrogens with one attached hydrogen (secondary N) is 2. The summed E-state index contributed by atoms with van der Waals surface area (Å²) in [7, 11) is 0. The van der Waals surface area contributed by atoms with Gasteiger partial charge in [-0.15, -0.1) is 24.0 Å². The molecule has 0 saturated carbocycles. The zero-order valence-corrected chi connectivity index (χ0v) is 18.0. The van der Waals surface area contributed by atoms with Crippen molar-refractivity contribution in [1.29, 1.82) is 5.26 Å². The lowest BCUT2D eigenvalue weighted by molar-refractivity contribution is 0.590. The second-order valence-corrected chi connectivity index (χ2v) is 6.18. The first kappa shape index (κ1) is 22.9. The number of benzene rings is 2. The van der Waals surface area contributed by atoms with Gasteiger partial charge in [-0.25, -0.2) is 9.38 Å². The number of aryl methyl sites for hydroxylation is 1. The van der Waals surface area contributed by atoms with Crippen LogP contribution in [0.25, 0.3) is 0 Å². The Bertz CT molecular complexity index is 771. The summed E-state index contributed by atoms with van der Waals surface area (Å²) in [4.78, 5) is 4.47. The maximum Gasteiger partial charge on any atom is 0.191 e. The van der Waals surface area contributed by atoms with Crippen LogP contribution in [0.15, 0.2) is 53.5 Å². The Kier molecular flexibility index (Phi) is 10.4. The Labute approximate surface area is 177 Å². The summed E-state index contributed by atoms with van der Waals surface area (Å²) in [6.07, 6.45) is 1.96. The lowest BCUT2D eigenvalue weighted by Crippen LogP contribution is -2.42. The average molecular weight is 480 g/mol. The molecule has 144 valence electrons. The molecule has 0 radical (unpaired) electrons. The Morgan fingerprint density at radius 3 is 2.59 bits per heavy atom. The van der Waals surface area contributed by atoms with Crippen molar-refractivity contribution in [2.24, 2.45) is 4.99 Å². The quantitative estimate of drug-likeness (QED) is 0.351. The molecule has 27 heavy (non-hydrogen) atoms. The van der Waals surface area contributed by atoms with Crippen LogP contribution in [0.2, 0.25) is 0 Å². The predicted molar refractivity (Wildman–Crippen MR) is 119 cm³/mol. The molecule has 0 aliphatic carbocycles. The summed E-state index contributed by atoms with van der Waals surface area (Å²) < 4.78 is 14.0. The van der Waals surface area contributed by atoms with Gasteiger partial charge in [-0.3, -0.25) is 0 Å². The van der Waals surface area contributed by atoms with Crippen molar-refractivity contribution in [2.75, 3.05) is 6.54 Å². The van der Waals surface area contributed by atoms with Gasteiger partial charge in [0.15, 0.2) is 5.96 Å². The minimum Gasteiger partial charge on any atom is -0.357 e. The molecule has 0 amide bonds. The second-order valence-electron chi connectivity index (χ2n) is 6.18. The fourth-order valence-electron chi connectivity index (χ4n) is 2.56. The third-order valence-corrected chi connectivity index (χ3v) is 4.03. The van der Waals surface area contributed by atoms with Crippen LogP contribution in [0.3, 0.4) is 0 Å². The molecule has 0 bridgehead atoms. The number of nitrogens with zero attached hydrogens (tertiary/aromatic N) is 2. The molecule has 0 saturated heterocycles. The number of hydrogen-bond acceptors (Lipinski definition) is 2. The molecule has 1 atom stereocenters. The highest BCUT2D eigenvalue weighted by molar-refractivity contribution is 14.0. The zero-order valence-electron chi connectivity index (χ0n) is 15.7. The van der Waals surface area contributed by atoms with Crippen molar-refractivity contribution in [3.8, 4) is 6.07 Å². The van der Waals surface area contributed by atoms with Crippen LogP contribution < -0.4 is 10.6 Å². The van der Waals surface area contributed by atoms with Crippen molar-refractivity contribution < 1.29 is 4.39 Å². The van der Waals surface area contributed by atoms with E-state index in [9.17, 15) is 4.39 Å². The molecule has 2 aromatic rings. The highest BCUT2D eigenvalue weighted by atomic mass is 127. The lowest BCUT2D eigenvalue weighted by atomic mass is 10.1. The van der Waals surface area contributed by atoms with Crippen LogP contribution in [0.1, 0.15) is 37.0 Å². The van der Waals surface area contributed by atoms with Gasteiger partial charge in [0.05, 0.1) is 18.2 Å². The molecule has 2 N–H and O–H groups in total. The third kappa shape index (κ3) is 7.95. The second kappa shape index (κ2) is 12.3. The number of nitriles is 1. The van der Waals surface area contributed by atoms with E-state index in [0.29, 0.717) is 17.1 Å². The van der Waals surface area contributed by atoms with Crippen LogP contribution in [-0.4, -0.2) is 18.5 Å². The monoisotopic (exact) mass is 480 g/mol. The Morgan fingerprint density at radius 1 is 1.22 bits per heavy atom. The van der Waals surface area contributed by atoms with Crippen LogP contribution in [0.5, 0.6) is 0 Å². The first-order chi connectivity index (χ1) is 12.6. The van der Waals surface area contributed by atoms with E-state index in [2.05, 4.69) is 34.7 Å². The van der Waals surface area contributed by atoms with Crippen LogP contribution in [0, 0.1) is 17.1 Å². The molecule has 4 nitrogen and oxygen atoms in total. The van der Waals surface area contributed by atoms with Crippen molar-refractivity contribution in [2.45, 2.75) is 39.3 Å². The summed E-state index contributed by atoms with van der Waals surface area (Å²) in [5.74, 6) is 0.262. The minimum absolute atomic E-state index is 0. The van der Waals surface area contributed by atoms with Crippen molar-refractivity contribution in [3.63, 3.8) is 0 Å². The fraction of sp³-hybridized carbons (Fsp3) is 0.333. The van der Waals surface area contributed by atoms with E-state index < -0.39 is 5.82 Å². The van der Waals surface area contributed by atoms with Gasteiger partial charge in [0.2, 0.25) is 0 Å². The van der Waals surface area contributed by atoms with E-state index in [0.717, 1.165) is 19.4 Å². The van der Waals surface area contributed by atoms with Gasteiger partial charge in [-0.05, 0) is 44.4 Å². The van der Waals surface area contributed by atoms with Crippen molar-refractivity contribution in [1.82, 2.24) is 10.6 Å². The zero-order chi connectivity index (χ0) is 18.8. The SMILES string of the molecule is CCNC(=NCc1ccc(C#N)cc1F)NC(C)CCc1ccccc1.I. The smallest absolute Gasteiger partial charge is 0.191 e. The van der Waals surface area contributed by atoms with Gasteiger partial charge in [-0.2, -0.15) is 5.26 Å². The van der Waals surface area contributed by atoms with Crippen LogP contribution in [0.4, 0.5) is 4.39 Å². The molecule has 0 aromatic heterocycles.